The van der Waals surface area contributed by atoms with Gasteiger partial charge in [0.05, 0.1) is 29.9 Å². The standard InChI is InChI=1S/C34H49NO4/c1-6-8-26-21-35-31(39-26)34(17-18-34)30(38)14-16-32(3,4)29-13-12-27-23(9-7-15-33(27,29)5)10-11-24-19-25(36)20-28(37)22(24)2/h10-11,14,16,21,25,27-30,36-38H,2,6-9,12-13,15,17-20H2,1,3-5H3/t25-,27+,28+,29-,30?,33+/m1/s1. The number of rotatable bonds is 8. The van der Waals surface area contributed by atoms with Crippen molar-refractivity contribution in [2.75, 3.05) is 0 Å². The fourth-order valence-corrected chi connectivity index (χ4v) is 8.24. The summed E-state index contributed by atoms with van der Waals surface area (Å²) in [6.45, 7) is 13.4. The zero-order valence-corrected chi connectivity index (χ0v) is 24.5. The first-order chi connectivity index (χ1) is 18.5. The second-order valence-corrected chi connectivity index (χ2v) is 13.8. The fourth-order valence-electron chi connectivity index (χ4n) is 8.24. The van der Waals surface area contributed by atoms with Gasteiger partial charge in [-0.1, -0.05) is 64.2 Å². The van der Waals surface area contributed by atoms with E-state index in [9.17, 15) is 15.3 Å². The molecule has 0 saturated heterocycles. The van der Waals surface area contributed by atoms with E-state index in [4.69, 9.17) is 4.42 Å². The summed E-state index contributed by atoms with van der Waals surface area (Å²) in [6, 6.07) is 0. The molecule has 4 aliphatic rings. The number of hydrogen-bond acceptors (Lipinski definition) is 5. The van der Waals surface area contributed by atoms with Crippen molar-refractivity contribution in [3.05, 3.63) is 65.5 Å². The van der Waals surface area contributed by atoms with Crippen molar-refractivity contribution in [2.24, 2.45) is 22.7 Å². The molecule has 5 rings (SSSR count). The SMILES string of the molecule is C=C1C(=CC=C2CCC[C@]3(C)[C@@H](C(C)(C)C=CC(O)C4(c5ncc(CCC)o5)CC4)CC[C@@H]23)C[C@@H](O)C[C@@H]1O. The van der Waals surface area contributed by atoms with E-state index in [2.05, 4.69) is 57.5 Å². The summed E-state index contributed by atoms with van der Waals surface area (Å²) in [4.78, 5) is 4.54. The second kappa shape index (κ2) is 10.8. The second-order valence-electron chi connectivity index (χ2n) is 13.8. The van der Waals surface area contributed by atoms with E-state index in [0.717, 1.165) is 49.0 Å². The molecular formula is C34H49NO4. The molecule has 0 bridgehead atoms. The summed E-state index contributed by atoms with van der Waals surface area (Å²) in [5.41, 5.74) is 3.04. The summed E-state index contributed by atoms with van der Waals surface area (Å²) in [5.74, 6) is 2.68. The Labute approximate surface area is 234 Å². The zero-order chi connectivity index (χ0) is 28.0. The highest BCUT2D eigenvalue weighted by atomic mass is 16.4. The normalized spacial score (nSPS) is 35.6. The van der Waals surface area contributed by atoms with Crippen molar-refractivity contribution in [3.8, 4) is 0 Å². The van der Waals surface area contributed by atoms with Gasteiger partial charge in [0.1, 0.15) is 5.76 Å². The number of hydrogen-bond donors (Lipinski definition) is 3. The molecular weight excluding hydrogens is 486 g/mol. The number of nitrogens with zero attached hydrogens (tertiary/aromatic N) is 1. The Balaban J connectivity index is 1.31. The molecule has 0 amide bonds. The molecule has 0 aromatic carbocycles. The summed E-state index contributed by atoms with van der Waals surface area (Å²) in [5, 5.41) is 31.7. The highest BCUT2D eigenvalue weighted by molar-refractivity contribution is 5.39. The molecule has 5 heteroatoms. The minimum Gasteiger partial charge on any atom is -0.445 e. The van der Waals surface area contributed by atoms with Crippen LogP contribution in [0.2, 0.25) is 0 Å². The number of aryl methyl sites for hydroxylation is 1. The van der Waals surface area contributed by atoms with Gasteiger partial charge in [0.15, 0.2) is 0 Å². The lowest BCUT2D eigenvalue weighted by molar-refractivity contribution is 0.0705. The first kappa shape index (κ1) is 28.6. The molecule has 0 aliphatic heterocycles. The molecule has 39 heavy (non-hydrogen) atoms. The topological polar surface area (TPSA) is 86.7 Å². The lowest BCUT2D eigenvalue weighted by atomic mass is 9.57. The molecule has 6 atom stereocenters. The largest absolute Gasteiger partial charge is 0.445 e. The van der Waals surface area contributed by atoms with Crippen molar-refractivity contribution in [2.45, 2.75) is 122 Å². The molecule has 0 spiro atoms. The highest BCUT2D eigenvalue weighted by Gasteiger charge is 2.55. The van der Waals surface area contributed by atoms with Crippen molar-refractivity contribution in [3.63, 3.8) is 0 Å². The molecule has 1 heterocycles. The fraction of sp³-hybridized carbons (Fsp3) is 0.676. The smallest absolute Gasteiger partial charge is 0.203 e. The van der Waals surface area contributed by atoms with E-state index in [1.807, 2.05) is 12.3 Å². The van der Waals surface area contributed by atoms with Crippen LogP contribution in [0.4, 0.5) is 0 Å². The van der Waals surface area contributed by atoms with Crippen LogP contribution in [-0.2, 0) is 11.8 Å². The van der Waals surface area contributed by atoms with Crippen LogP contribution in [0.1, 0.15) is 104 Å². The maximum absolute atomic E-state index is 11.3. The zero-order valence-electron chi connectivity index (χ0n) is 24.5. The van der Waals surface area contributed by atoms with Crippen LogP contribution >= 0.6 is 0 Å². The minimum absolute atomic E-state index is 0.0443. The van der Waals surface area contributed by atoms with Crippen LogP contribution < -0.4 is 0 Å². The van der Waals surface area contributed by atoms with Gasteiger partial charge in [-0.05, 0) is 91.6 Å². The third kappa shape index (κ3) is 5.39. The maximum Gasteiger partial charge on any atom is 0.203 e. The number of fused-ring (bicyclic) bond motifs is 1. The van der Waals surface area contributed by atoms with Gasteiger partial charge in [0.2, 0.25) is 5.89 Å². The molecule has 1 unspecified atom stereocenters. The molecule has 1 aromatic heterocycles. The molecule has 4 fully saturated rings. The van der Waals surface area contributed by atoms with E-state index < -0.39 is 18.3 Å². The van der Waals surface area contributed by atoms with E-state index in [1.165, 1.54) is 31.3 Å². The van der Waals surface area contributed by atoms with Gasteiger partial charge in [-0.2, -0.15) is 0 Å². The third-order valence-electron chi connectivity index (χ3n) is 10.7. The van der Waals surface area contributed by atoms with Crippen molar-refractivity contribution in [1.29, 1.82) is 0 Å². The molecule has 0 radical (unpaired) electrons. The van der Waals surface area contributed by atoms with Gasteiger partial charge in [0, 0.05) is 12.8 Å². The van der Waals surface area contributed by atoms with Gasteiger partial charge in [-0.25, -0.2) is 4.98 Å². The van der Waals surface area contributed by atoms with Crippen LogP contribution in [0, 0.1) is 22.7 Å². The van der Waals surface area contributed by atoms with E-state index in [0.29, 0.717) is 30.6 Å². The maximum atomic E-state index is 11.3. The van der Waals surface area contributed by atoms with Gasteiger partial charge in [-0.15, -0.1) is 0 Å². The first-order valence-corrected chi connectivity index (χ1v) is 15.3. The quantitative estimate of drug-likeness (QED) is 0.321. The Kier molecular flexibility index (Phi) is 7.91. The predicted molar refractivity (Wildman–Crippen MR) is 155 cm³/mol. The average Bonchev–Trinajstić information content (AvgIpc) is 3.41. The highest BCUT2D eigenvalue weighted by Crippen LogP contribution is 2.62. The number of allylic oxidation sites excluding steroid dienone is 4. The first-order valence-electron chi connectivity index (χ1n) is 15.3. The van der Waals surface area contributed by atoms with Crippen molar-refractivity contribution >= 4 is 0 Å². The summed E-state index contributed by atoms with van der Waals surface area (Å²) < 4.78 is 6.04. The van der Waals surface area contributed by atoms with Crippen LogP contribution in [0.5, 0.6) is 0 Å². The summed E-state index contributed by atoms with van der Waals surface area (Å²) >= 11 is 0. The Morgan fingerprint density at radius 3 is 2.69 bits per heavy atom. The Bertz CT molecular complexity index is 1150. The number of aliphatic hydroxyl groups is 3. The van der Waals surface area contributed by atoms with Crippen LogP contribution in [-0.4, -0.2) is 38.6 Å². The number of aliphatic hydroxyl groups excluding tert-OH is 3. The van der Waals surface area contributed by atoms with Crippen LogP contribution in [0.3, 0.4) is 0 Å². The summed E-state index contributed by atoms with van der Waals surface area (Å²) in [7, 11) is 0. The van der Waals surface area contributed by atoms with Crippen molar-refractivity contribution in [1.82, 2.24) is 4.98 Å². The molecule has 214 valence electrons. The Morgan fingerprint density at radius 1 is 1.21 bits per heavy atom. The third-order valence-corrected chi connectivity index (χ3v) is 10.7. The van der Waals surface area contributed by atoms with E-state index >= 15 is 0 Å². The predicted octanol–water partition coefficient (Wildman–Crippen LogP) is 6.74. The number of aromatic nitrogens is 1. The number of oxazole rings is 1. The van der Waals surface area contributed by atoms with Gasteiger partial charge < -0.3 is 19.7 Å². The van der Waals surface area contributed by atoms with Gasteiger partial charge >= 0.3 is 0 Å². The lowest BCUT2D eigenvalue weighted by Crippen LogP contribution is -2.39. The Hall–Kier alpha value is -1.95. The average molecular weight is 536 g/mol. The van der Waals surface area contributed by atoms with E-state index in [-0.39, 0.29) is 16.2 Å². The monoisotopic (exact) mass is 535 g/mol. The van der Waals surface area contributed by atoms with E-state index in [1.54, 1.807) is 0 Å². The Morgan fingerprint density at radius 2 is 1.97 bits per heavy atom. The molecule has 4 aliphatic carbocycles. The van der Waals surface area contributed by atoms with Gasteiger partial charge in [-0.3, -0.25) is 0 Å². The summed E-state index contributed by atoms with van der Waals surface area (Å²) in [6.07, 6.45) is 19.4. The van der Waals surface area contributed by atoms with Crippen LogP contribution in [0.15, 0.2) is 58.2 Å². The van der Waals surface area contributed by atoms with Crippen molar-refractivity contribution < 1.29 is 19.7 Å². The molecule has 3 N–H and O–H groups in total. The minimum atomic E-state index is -0.648. The van der Waals surface area contributed by atoms with Crippen LogP contribution in [0.25, 0.3) is 0 Å². The molecule has 1 aromatic rings. The lowest BCUT2D eigenvalue weighted by Gasteiger charge is -2.47. The molecule has 5 nitrogen and oxygen atoms in total. The molecule has 4 saturated carbocycles. The van der Waals surface area contributed by atoms with Gasteiger partial charge in [0.25, 0.3) is 0 Å².